The molecule has 2 fully saturated rings. The zero-order valence-corrected chi connectivity index (χ0v) is 12.5. The first-order chi connectivity index (χ1) is 7.79. The monoisotopic (exact) mass is 246 g/mol. The molecule has 0 bridgehead atoms. The van der Waals surface area contributed by atoms with E-state index in [-0.39, 0.29) is 0 Å². The van der Waals surface area contributed by atoms with Gasteiger partial charge in [0, 0.05) is 24.6 Å². The van der Waals surface area contributed by atoms with Crippen LogP contribution in [0.5, 0.6) is 0 Å². The summed E-state index contributed by atoms with van der Waals surface area (Å²) in [5.41, 5.74) is 0. The van der Waals surface area contributed by atoms with Gasteiger partial charge in [0.2, 0.25) is 0 Å². The average Bonchev–Trinajstić information content (AvgIpc) is 2.34. The molecular weight excluding hydrogens is 216 g/mol. The van der Waals surface area contributed by atoms with Gasteiger partial charge in [0.1, 0.15) is 0 Å². The molecule has 0 atom stereocenters. The summed E-state index contributed by atoms with van der Waals surface area (Å²) in [6.07, 6.45) is 4.28. The second kappa shape index (κ2) is 11.7. The van der Waals surface area contributed by atoms with Crippen molar-refractivity contribution in [1.29, 1.82) is 0 Å². The minimum Gasteiger partial charge on any atom is -0.306 e. The molecule has 0 saturated carbocycles. The van der Waals surface area contributed by atoms with Gasteiger partial charge in [0.15, 0.2) is 0 Å². The van der Waals surface area contributed by atoms with Crippen LogP contribution in [-0.4, -0.2) is 61.6 Å². The molecule has 2 nitrogen and oxygen atoms in total. The van der Waals surface area contributed by atoms with Crippen molar-refractivity contribution in [3.8, 4) is 0 Å². The van der Waals surface area contributed by atoms with Crippen molar-refractivity contribution >= 4 is 11.8 Å². The molecule has 16 heavy (non-hydrogen) atoms. The minimum atomic E-state index is 1.28. The standard InChI is InChI=1S/C6H13N.C5H11NS.C2H6/c1-7-5-3-2-4-6-7;1-6-2-4-7-5-3-6;1-2/h2-6H2,1H3;2-5H2,1H3;1-2H3. The highest BCUT2D eigenvalue weighted by molar-refractivity contribution is 7.99. The lowest BCUT2D eigenvalue weighted by atomic mass is 10.1. The number of rotatable bonds is 0. The molecule has 2 saturated heterocycles. The van der Waals surface area contributed by atoms with E-state index in [2.05, 4.69) is 35.7 Å². The van der Waals surface area contributed by atoms with Crippen LogP contribution in [0.25, 0.3) is 0 Å². The largest absolute Gasteiger partial charge is 0.306 e. The number of hydrogen-bond acceptors (Lipinski definition) is 3. The van der Waals surface area contributed by atoms with E-state index in [1.54, 1.807) is 0 Å². The SMILES string of the molecule is CC.CN1CCCCC1.CN1CCSCC1. The van der Waals surface area contributed by atoms with Crippen LogP contribution in [0, 0.1) is 0 Å². The lowest BCUT2D eigenvalue weighted by molar-refractivity contribution is 0.277. The summed E-state index contributed by atoms with van der Waals surface area (Å²) in [4.78, 5) is 4.76. The molecule has 2 rings (SSSR count). The highest BCUT2D eigenvalue weighted by atomic mass is 32.2. The molecule has 0 radical (unpaired) electrons. The van der Waals surface area contributed by atoms with Gasteiger partial charge in [-0.15, -0.1) is 0 Å². The van der Waals surface area contributed by atoms with Crippen LogP contribution in [0.2, 0.25) is 0 Å². The smallest absolute Gasteiger partial charge is 0.00696 e. The molecule has 2 heterocycles. The summed E-state index contributed by atoms with van der Waals surface area (Å²) in [6.45, 7) is 9.20. The van der Waals surface area contributed by atoms with Crippen molar-refractivity contribution in [3.63, 3.8) is 0 Å². The zero-order valence-electron chi connectivity index (χ0n) is 11.7. The molecule has 0 spiro atoms. The molecule has 0 aromatic rings. The topological polar surface area (TPSA) is 6.48 Å². The van der Waals surface area contributed by atoms with E-state index < -0.39 is 0 Å². The van der Waals surface area contributed by atoms with Crippen molar-refractivity contribution in [3.05, 3.63) is 0 Å². The number of piperidine rings is 1. The third kappa shape index (κ3) is 9.49. The number of hydrogen-bond donors (Lipinski definition) is 0. The number of nitrogens with zero attached hydrogens (tertiary/aromatic N) is 2. The second-order valence-electron chi connectivity index (χ2n) is 4.28. The van der Waals surface area contributed by atoms with Gasteiger partial charge in [-0.05, 0) is 40.0 Å². The maximum absolute atomic E-state index is 2.39. The maximum atomic E-state index is 2.39. The van der Waals surface area contributed by atoms with E-state index >= 15 is 0 Å². The molecule has 0 unspecified atom stereocenters. The third-order valence-corrected chi connectivity index (χ3v) is 3.76. The Balaban J connectivity index is 0.000000244. The Kier molecular flexibility index (Phi) is 11.9. The Hall–Kier alpha value is 0.270. The van der Waals surface area contributed by atoms with Gasteiger partial charge >= 0.3 is 0 Å². The summed E-state index contributed by atoms with van der Waals surface area (Å²) in [5, 5.41) is 0. The average molecular weight is 246 g/mol. The molecular formula is C13H30N2S. The molecule has 0 aromatic carbocycles. The predicted octanol–water partition coefficient (Wildman–Crippen LogP) is 2.79. The van der Waals surface area contributed by atoms with Gasteiger partial charge in [-0.25, -0.2) is 0 Å². The Morgan fingerprint density at radius 3 is 1.38 bits per heavy atom. The van der Waals surface area contributed by atoms with Crippen molar-refractivity contribution in [2.45, 2.75) is 33.1 Å². The van der Waals surface area contributed by atoms with E-state index in [0.29, 0.717) is 0 Å². The normalized spacial score (nSPS) is 22.5. The fourth-order valence-electron chi connectivity index (χ4n) is 1.71. The fraction of sp³-hybridized carbons (Fsp3) is 1.00. The number of likely N-dealkylation sites (tertiary alicyclic amines) is 1. The lowest BCUT2D eigenvalue weighted by Gasteiger charge is -2.20. The highest BCUT2D eigenvalue weighted by Crippen LogP contribution is 2.06. The van der Waals surface area contributed by atoms with E-state index in [1.165, 1.54) is 56.9 Å². The van der Waals surface area contributed by atoms with E-state index in [4.69, 9.17) is 0 Å². The molecule has 0 aliphatic carbocycles. The van der Waals surface area contributed by atoms with Crippen LogP contribution in [0.3, 0.4) is 0 Å². The van der Waals surface area contributed by atoms with Crippen molar-refractivity contribution in [2.75, 3.05) is 51.8 Å². The van der Waals surface area contributed by atoms with Gasteiger partial charge in [-0.1, -0.05) is 20.3 Å². The summed E-state index contributed by atoms with van der Waals surface area (Å²) in [7, 11) is 4.37. The van der Waals surface area contributed by atoms with Gasteiger partial charge < -0.3 is 9.80 Å². The number of thioether (sulfide) groups is 1. The predicted molar refractivity (Wildman–Crippen MR) is 77.5 cm³/mol. The van der Waals surface area contributed by atoms with Gasteiger partial charge in [-0.2, -0.15) is 11.8 Å². The van der Waals surface area contributed by atoms with Crippen LogP contribution in [0.4, 0.5) is 0 Å². The van der Waals surface area contributed by atoms with Crippen LogP contribution in [0.15, 0.2) is 0 Å². The third-order valence-electron chi connectivity index (χ3n) is 2.81. The van der Waals surface area contributed by atoms with Crippen molar-refractivity contribution in [2.24, 2.45) is 0 Å². The Morgan fingerprint density at radius 2 is 1.12 bits per heavy atom. The zero-order chi connectivity index (χ0) is 12.2. The van der Waals surface area contributed by atoms with Gasteiger partial charge in [0.05, 0.1) is 0 Å². The van der Waals surface area contributed by atoms with Crippen molar-refractivity contribution in [1.82, 2.24) is 9.80 Å². The summed E-state index contributed by atoms with van der Waals surface area (Å²) < 4.78 is 0. The Morgan fingerprint density at radius 1 is 0.688 bits per heavy atom. The van der Waals surface area contributed by atoms with E-state index in [1.807, 2.05) is 13.8 Å². The Labute approximate surface area is 107 Å². The van der Waals surface area contributed by atoms with Crippen LogP contribution in [0.1, 0.15) is 33.1 Å². The van der Waals surface area contributed by atoms with Gasteiger partial charge in [0.25, 0.3) is 0 Å². The van der Waals surface area contributed by atoms with Crippen LogP contribution < -0.4 is 0 Å². The molecule has 2 aliphatic heterocycles. The van der Waals surface area contributed by atoms with Crippen LogP contribution in [-0.2, 0) is 0 Å². The summed E-state index contributed by atoms with van der Waals surface area (Å²) in [6, 6.07) is 0. The molecule has 98 valence electrons. The van der Waals surface area contributed by atoms with Crippen LogP contribution >= 0.6 is 11.8 Å². The van der Waals surface area contributed by atoms with Crippen molar-refractivity contribution < 1.29 is 0 Å². The molecule has 0 amide bonds. The van der Waals surface area contributed by atoms with Gasteiger partial charge in [-0.3, -0.25) is 0 Å². The van der Waals surface area contributed by atoms with E-state index in [9.17, 15) is 0 Å². The second-order valence-corrected chi connectivity index (χ2v) is 5.50. The summed E-state index contributed by atoms with van der Waals surface area (Å²) >= 11 is 2.06. The molecule has 2 aliphatic rings. The molecule has 0 N–H and O–H groups in total. The summed E-state index contributed by atoms with van der Waals surface area (Å²) in [5.74, 6) is 2.66. The molecule has 0 aromatic heterocycles. The fourth-order valence-corrected chi connectivity index (χ4v) is 2.79. The highest BCUT2D eigenvalue weighted by Gasteiger charge is 2.03. The first kappa shape index (κ1) is 16.3. The quantitative estimate of drug-likeness (QED) is 0.649. The first-order valence-corrected chi connectivity index (χ1v) is 7.89. The minimum absolute atomic E-state index is 1.28. The molecule has 3 heteroatoms. The lowest BCUT2D eigenvalue weighted by Crippen LogP contribution is -2.28. The first-order valence-electron chi connectivity index (χ1n) is 6.74. The Bertz CT molecular complexity index is 114. The van der Waals surface area contributed by atoms with E-state index in [0.717, 1.165) is 0 Å². The maximum Gasteiger partial charge on any atom is 0.00696 e.